The monoisotopic (exact) mass is 368 g/mol. The lowest BCUT2D eigenvalue weighted by Gasteiger charge is -2.34. The largest absolute Gasteiger partial charge is 0.507 e. The summed E-state index contributed by atoms with van der Waals surface area (Å²) in [6.45, 7) is 14.7. The van der Waals surface area contributed by atoms with Gasteiger partial charge in [0.15, 0.2) is 0 Å². The predicted octanol–water partition coefficient (Wildman–Crippen LogP) is 5.87. The van der Waals surface area contributed by atoms with Crippen molar-refractivity contribution in [3.63, 3.8) is 0 Å². The maximum atomic E-state index is 12.4. The summed E-state index contributed by atoms with van der Waals surface area (Å²) in [6.07, 6.45) is 1.10. The smallest absolute Gasteiger partial charge is 0.315 e. The number of aromatic hydroxyl groups is 1. The minimum absolute atomic E-state index is 0.126. The van der Waals surface area contributed by atoms with E-state index in [1.807, 2.05) is 38.1 Å². The second-order valence-electron chi connectivity index (χ2n) is 9.27. The van der Waals surface area contributed by atoms with E-state index in [2.05, 4.69) is 34.6 Å². The number of rotatable bonds is 5. The highest BCUT2D eigenvalue weighted by molar-refractivity contribution is 5.76. The molecule has 0 aromatic heterocycles. The molecule has 0 spiro atoms. The fourth-order valence-electron chi connectivity index (χ4n) is 3.90. The summed E-state index contributed by atoms with van der Waals surface area (Å²) in [7, 11) is 0. The number of benzene rings is 2. The van der Waals surface area contributed by atoms with Gasteiger partial charge in [0.2, 0.25) is 0 Å². The number of phenolic OH excluding ortho intramolecular Hbond substituents is 1. The highest BCUT2D eigenvalue weighted by atomic mass is 16.5. The quantitative estimate of drug-likeness (QED) is 0.530. The molecule has 0 aliphatic rings. The van der Waals surface area contributed by atoms with E-state index in [1.54, 1.807) is 12.1 Å². The molecule has 3 heteroatoms. The van der Waals surface area contributed by atoms with Crippen LogP contribution in [0.4, 0.5) is 0 Å². The Balaban J connectivity index is 2.34. The first-order valence-electron chi connectivity index (χ1n) is 9.49. The zero-order valence-electron chi connectivity index (χ0n) is 17.6. The first-order valence-corrected chi connectivity index (χ1v) is 9.49. The van der Waals surface area contributed by atoms with Crippen molar-refractivity contribution in [1.82, 2.24) is 0 Å². The summed E-state index contributed by atoms with van der Waals surface area (Å²) in [5, 5.41) is 10.8. The number of hydrogen-bond donors (Lipinski definition) is 1. The van der Waals surface area contributed by atoms with Crippen LogP contribution in [0.25, 0.3) is 0 Å². The fraction of sp³-hybridized carbons (Fsp3) is 0.458. The Morgan fingerprint density at radius 2 is 1.59 bits per heavy atom. The number of esters is 1. The summed E-state index contributed by atoms with van der Waals surface area (Å²) in [5.74, 6) is 0.583. The van der Waals surface area contributed by atoms with E-state index in [4.69, 9.17) is 4.74 Å². The molecule has 1 N–H and O–H groups in total. The standard InChI is InChI=1S/C24H32O3/c1-16-17(2)22(26)20(24(6,7)15-23(3,4)5)13-18(16)14-21(25)27-19-11-9-8-10-12-19/h8-13,26H,14-15H2,1-7H3. The van der Waals surface area contributed by atoms with Gasteiger partial charge in [-0.2, -0.15) is 0 Å². The average Bonchev–Trinajstić information content (AvgIpc) is 2.54. The van der Waals surface area contributed by atoms with Gasteiger partial charge in [0.25, 0.3) is 0 Å². The first kappa shape index (κ1) is 21.0. The van der Waals surface area contributed by atoms with Crippen LogP contribution in [0.15, 0.2) is 36.4 Å². The van der Waals surface area contributed by atoms with E-state index in [0.717, 1.165) is 28.7 Å². The lowest BCUT2D eigenvalue weighted by Crippen LogP contribution is -2.26. The fourth-order valence-corrected chi connectivity index (χ4v) is 3.90. The van der Waals surface area contributed by atoms with Crippen LogP contribution in [0.5, 0.6) is 11.5 Å². The second kappa shape index (κ2) is 7.75. The van der Waals surface area contributed by atoms with Crippen molar-refractivity contribution in [2.45, 2.75) is 66.7 Å². The van der Waals surface area contributed by atoms with E-state index in [-0.39, 0.29) is 23.2 Å². The molecule has 2 aromatic rings. The number of phenols is 1. The summed E-state index contributed by atoms with van der Waals surface area (Å²) in [5.41, 5.74) is 3.48. The molecule has 0 saturated heterocycles. The van der Waals surface area contributed by atoms with Crippen LogP contribution in [0.3, 0.4) is 0 Å². The van der Waals surface area contributed by atoms with E-state index < -0.39 is 0 Å². The van der Waals surface area contributed by atoms with Crippen LogP contribution in [0.1, 0.15) is 63.3 Å². The van der Waals surface area contributed by atoms with Gasteiger partial charge in [0.05, 0.1) is 6.42 Å². The zero-order chi connectivity index (χ0) is 20.4. The topological polar surface area (TPSA) is 46.5 Å². The zero-order valence-corrected chi connectivity index (χ0v) is 17.6. The van der Waals surface area contributed by atoms with Gasteiger partial charge in [-0.25, -0.2) is 0 Å². The number of para-hydroxylation sites is 1. The van der Waals surface area contributed by atoms with Crippen molar-refractivity contribution in [2.24, 2.45) is 5.41 Å². The van der Waals surface area contributed by atoms with Crippen molar-refractivity contribution >= 4 is 5.97 Å². The normalized spacial score (nSPS) is 12.1. The van der Waals surface area contributed by atoms with Gasteiger partial charge in [-0.15, -0.1) is 0 Å². The van der Waals surface area contributed by atoms with Crippen molar-refractivity contribution in [2.75, 3.05) is 0 Å². The lowest BCUT2D eigenvalue weighted by molar-refractivity contribution is -0.133. The van der Waals surface area contributed by atoms with Crippen molar-refractivity contribution in [3.05, 3.63) is 58.7 Å². The Morgan fingerprint density at radius 3 is 2.15 bits per heavy atom. The molecule has 2 aromatic carbocycles. The molecule has 3 nitrogen and oxygen atoms in total. The van der Waals surface area contributed by atoms with Crippen LogP contribution < -0.4 is 4.74 Å². The summed E-state index contributed by atoms with van der Waals surface area (Å²) >= 11 is 0. The van der Waals surface area contributed by atoms with Gasteiger partial charge in [-0.05, 0) is 59.9 Å². The number of carbonyl (C=O) groups is 1. The van der Waals surface area contributed by atoms with Crippen LogP contribution in [0.2, 0.25) is 0 Å². The third-order valence-electron chi connectivity index (χ3n) is 4.98. The Labute approximate surface area is 163 Å². The van der Waals surface area contributed by atoms with E-state index in [0.29, 0.717) is 11.5 Å². The summed E-state index contributed by atoms with van der Waals surface area (Å²) in [6, 6.07) is 11.1. The molecule has 0 fully saturated rings. The molecule has 0 bridgehead atoms. The van der Waals surface area contributed by atoms with Crippen molar-refractivity contribution in [1.29, 1.82) is 0 Å². The summed E-state index contributed by atoms with van der Waals surface area (Å²) < 4.78 is 5.45. The maximum Gasteiger partial charge on any atom is 0.315 e. The Bertz CT molecular complexity index is 812. The van der Waals surface area contributed by atoms with Gasteiger partial charge in [-0.1, -0.05) is 58.9 Å². The molecule has 0 aliphatic heterocycles. The first-order chi connectivity index (χ1) is 12.4. The maximum absolute atomic E-state index is 12.4. The molecule has 146 valence electrons. The van der Waals surface area contributed by atoms with Crippen molar-refractivity contribution in [3.8, 4) is 11.5 Å². The van der Waals surface area contributed by atoms with Gasteiger partial charge in [0, 0.05) is 5.56 Å². The highest BCUT2D eigenvalue weighted by Crippen LogP contribution is 2.42. The van der Waals surface area contributed by atoms with Crippen molar-refractivity contribution < 1.29 is 14.6 Å². The van der Waals surface area contributed by atoms with E-state index in [9.17, 15) is 9.90 Å². The molecular weight excluding hydrogens is 336 g/mol. The number of ether oxygens (including phenoxy) is 1. The second-order valence-corrected chi connectivity index (χ2v) is 9.27. The molecule has 0 heterocycles. The third kappa shape index (κ3) is 5.35. The highest BCUT2D eigenvalue weighted by Gasteiger charge is 2.31. The molecule has 2 rings (SSSR count). The van der Waals surface area contributed by atoms with Gasteiger partial charge >= 0.3 is 5.97 Å². The van der Waals surface area contributed by atoms with Crippen LogP contribution in [-0.4, -0.2) is 11.1 Å². The minimum atomic E-state index is -0.297. The molecule has 27 heavy (non-hydrogen) atoms. The van der Waals surface area contributed by atoms with E-state index in [1.165, 1.54) is 0 Å². The van der Waals surface area contributed by atoms with Crippen LogP contribution in [-0.2, 0) is 16.6 Å². The number of hydrogen-bond acceptors (Lipinski definition) is 3. The van der Waals surface area contributed by atoms with Gasteiger partial charge < -0.3 is 9.84 Å². The molecule has 0 radical (unpaired) electrons. The average molecular weight is 369 g/mol. The number of carbonyl (C=O) groups excluding carboxylic acids is 1. The minimum Gasteiger partial charge on any atom is -0.507 e. The molecule has 0 aliphatic carbocycles. The Morgan fingerprint density at radius 1 is 1.00 bits per heavy atom. The Hall–Kier alpha value is -2.29. The van der Waals surface area contributed by atoms with Gasteiger partial charge in [0.1, 0.15) is 11.5 Å². The SMILES string of the molecule is Cc1c(CC(=O)Oc2ccccc2)cc(C(C)(C)CC(C)(C)C)c(O)c1C. The lowest BCUT2D eigenvalue weighted by atomic mass is 9.71. The van der Waals surface area contributed by atoms with Crippen LogP contribution >= 0.6 is 0 Å². The molecular formula is C24H32O3. The van der Waals surface area contributed by atoms with Gasteiger partial charge in [-0.3, -0.25) is 4.79 Å². The molecule has 0 atom stereocenters. The van der Waals surface area contributed by atoms with E-state index >= 15 is 0 Å². The summed E-state index contributed by atoms with van der Waals surface area (Å²) in [4.78, 5) is 12.4. The third-order valence-corrected chi connectivity index (χ3v) is 4.98. The van der Waals surface area contributed by atoms with Crippen LogP contribution in [0, 0.1) is 19.3 Å². The Kier molecular flexibility index (Phi) is 6.04. The molecule has 0 amide bonds. The molecule has 0 unspecified atom stereocenters. The molecule has 0 saturated carbocycles. The predicted molar refractivity (Wildman–Crippen MR) is 110 cm³/mol.